The fourth-order valence-corrected chi connectivity index (χ4v) is 2.99. The Morgan fingerprint density at radius 3 is 1.79 bits per heavy atom. The number of esters is 1. The van der Waals surface area contributed by atoms with Gasteiger partial charge in [-0.1, -0.05) is 74.5 Å². The van der Waals surface area contributed by atoms with Crippen molar-refractivity contribution in [1.29, 1.82) is 0 Å². The molecule has 0 aliphatic heterocycles. The highest BCUT2D eigenvalue weighted by molar-refractivity contribution is 5.78. The number of carbonyl (C=O) groups excluding carboxylic acids is 1. The summed E-state index contributed by atoms with van der Waals surface area (Å²) < 4.78 is 5.10. The Hall–Kier alpha value is -2.13. The topological polar surface area (TPSA) is 38.3 Å². The van der Waals surface area contributed by atoms with E-state index in [0.717, 1.165) is 11.1 Å². The van der Waals surface area contributed by atoms with Crippen LogP contribution in [0.4, 0.5) is 0 Å². The Balaban J connectivity index is 2.38. The van der Waals surface area contributed by atoms with Crippen LogP contribution in [0.25, 0.3) is 0 Å². The van der Waals surface area contributed by atoms with Gasteiger partial charge in [-0.05, 0) is 25.0 Å². The van der Waals surface area contributed by atoms with Gasteiger partial charge in [0.25, 0.3) is 0 Å². The van der Waals surface area contributed by atoms with Crippen molar-refractivity contribution in [1.82, 2.24) is 5.32 Å². The van der Waals surface area contributed by atoms with Crippen LogP contribution in [0.5, 0.6) is 0 Å². The number of nitrogens with one attached hydrogen (secondary N) is 1. The summed E-state index contributed by atoms with van der Waals surface area (Å²) in [5.74, 6) is -0.257. The fraction of sp³-hybridized carbons (Fsp3) is 0.381. The number of carbonyl (C=O) groups is 1. The van der Waals surface area contributed by atoms with Crippen molar-refractivity contribution in [2.45, 2.75) is 44.7 Å². The van der Waals surface area contributed by atoms with Crippen LogP contribution < -0.4 is 5.32 Å². The molecule has 128 valence electrons. The van der Waals surface area contributed by atoms with Gasteiger partial charge in [0, 0.05) is 11.0 Å². The van der Waals surface area contributed by atoms with E-state index in [1.165, 1.54) is 7.11 Å². The number of ether oxygens (including phenoxy) is 1. The lowest BCUT2D eigenvalue weighted by Crippen LogP contribution is -2.56. The molecule has 0 radical (unpaired) electrons. The Kier molecular flexibility index (Phi) is 5.45. The van der Waals surface area contributed by atoms with E-state index in [9.17, 15) is 4.79 Å². The molecule has 1 N–H and O–H groups in total. The third-order valence-corrected chi connectivity index (χ3v) is 4.68. The quantitative estimate of drug-likeness (QED) is 0.815. The molecule has 2 rings (SSSR count). The first kappa shape index (κ1) is 18.2. The van der Waals surface area contributed by atoms with Crippen LogP contribution in [0.15, 0.2) is 60.7 Å². The van der Waals surface area contributed by atoms with Crippen LogP contribution in [0.2, 0.25) is 0 Å². The molecule has 0 amide bonds. The Labute approximate surface area is 145 Å². The first-order valence-corrected chi connectivity index (χ1v) is 8.25. The average molecular weight is 325 g/mol. The number of hydrogen-bond acceptors (Lipinski definition) is 3. The molecule has 0 bridgehead atoms. The third-order valence-electron chi connectivity index (χ3n) is 4.68. The van der Waals surface area contributed by atoms with Crippen LogP contribution in [-0.2, 0) is 20.5 Å². The largest absolute Gasteiger partial charge is 0.468 e. The van der Waals surface area contributed by atoms with E-state index >= 15 is 0 Å². The van der Waals surface area contributed by atoms with Gasteiger partial charge in [-0.3, -0.25) is 10.1 Å². The first-order chi connectivity index (χ1) is 11.3. The minimum atomic E-state index is -0.472. The summed E-state index contributed by atoms with van der Waals surface area (Å²) in [7, 11) is 1.44. The molecule has 0 saturated carbocycles. The molecule has 2 aromatic rings. The molecule has 2 aromatic carbocycles. The maximum atomic E-state index is 12.6. The van der Waals surface area contributed by atoms with Gasteiger partial charge in [-0.15, -0.1) is 0 Å². The third kappa shape index (κ3) is 3.85. The monoisotopic (exact) mass is 325 g/mol. The summed E-state index contributed by atoms with van der Waals surface area (Å²) in [6.07, 6.45) is 0. The van der Waals surface area contributed by atoms with Crippen molar-refractivity contribution in [3.63, 3.8) is 0 Å². The molecule has 0 aromatic heterocycles. The summed E-state index contributed by atoms with van der Waals surface area (Å²) in [5, 5.41) is 3.52. The van der Waals surface area contributed by atoms with Gasteiger partial charge in [0.05, 0.1) is 7.11 Å². The van der Waals surface area contributed by atoms with Crippen LogP contribution >= 0.6 is 0 Å². The molecule has 24 heavy (non-hydrogen) atoms. The van der Waals surface area contributed by atoms with Gasteiger partial charge >= 0.3 is 5.97 Å². The highest BCUT2D eigenvalue weighted by Crippen LogP contribution is 2.31. The zero-order valence-corrected chi connectivity index (χ0v) is 15.2. The van der Waals surface area contributed by atoms with Gasteiger partial charge in [-0.25, -0.2) is 0 Å². The second-order valence-corrected chi connectivity index (χ2v) is 7.18. The molecule has 3 nitrogen and oxygen atoms in total. The number of methoxy groups -OCH3 is 1. The average Bonchev–Trinajstić information content (AvgIpc) is 2.60. The van der Waals surface area contributed by atoms with E-state index in [0.29, 0.717) is 0 Å². The molecule has 0 spiro atoms. The van der Waals surface area contributed by atoms with Crippen molar-refractivity contribution in [3.05, 3.63) is 71.8 Å². The van der Waals surface area contributed by atoms with E-state index in [1.807, 2.05) is 48.5 Å². The highest BCUT2D eigenvalue weighted by atomic mass is 16.5. The molecule has 0 aliphatic carbocycles. The summed E-state index contributed by atoms with van der Waals surface area (Å²) >= 11 is 0. The molecule has 1 atom stereocenters. The molecule has 0 fully saturated rings. The number of benzene rings is 2. The van der Waals surface area contributed by atoms with Gasteiger partial charge < -0.3 is 4.74 Å². The predicted molar refractivity (Wildman–Crippen MR) is 97.9 cm³/mol. The van der Waals surface area contributed by atoms with Gasteiger partial charge in [0.2, 0.25) is 0 Å². The second kappa shape index (κ2) is 7.18. The zero-order chi connectivity index (χ0) is 17.8. The van der Waals surface area contributed by atoms with E-state index in [1.54, 1.807) is 0 Å². The van der Waals surface area contributed by atoms with Crippen LogP contribution in [0.1, 0.15) is 38.8 Å². The lowest BCUT2D eigenvalue weighted by molar-refractivity contribution is -0.145. The smallest absolute Gasteiger partial charge is 0.323 e. The summed E-state index contributed by atoms with van der Waals surface area (Å²) in [6.45, 7) is 8.30. The normalized spacial score (nSPS) is 13.4. The number of rotatable bonds is 6. The van der Waals surface area contributed by atoms with Gasteiger partial charge in [-0.2, -0.15) is 0 Å². The molecule has 1 unspecified atom stereocenters. The SMILES string of the molecule is COC(=O)C(NC(C)(C)c1ccccc1)C(C)(C)c1ccccc1. The Morgan fingerprint density at radius 2 is 1.33 bits per heavy atom. The summed E-state index contributed by atoms with van der Waals surface area (Å²) in [6, 6.07) is 19.7. The zero-order valence-electron chi connectivity index (χ0n) is 15.2. The Morgan fingerprint density at radius 1 is 0.875 bits per heavy atom. The lowest BCUT2D eigenvalue weighted by Gasteiger charge is -2.39. The minimum Gasteiger partial charge on any atom is -0.468 e. The van der Waals surface area contributed by atoms with Crippen molar-refractivity contribution in [3.8, 4) is 0 Å². The summed E-state index contributed by atoms with van der Waals surface area (Å²) in [4.78, 5) is 12.6. The van der Waals surface area contributed by atoms with E-state index in [2.05, 4.69) is 45.1 Å². The molecule has 0 saturated heterocycles. The molecule has 0 heterocycles. The van der Waals surface area contributed by atoms with Crippen molar-refractivity contribution >= 4 is 5.97 Å². The van der Waals surface area contributed by atoms with E-state index < -0.39 is 11.5 Å². The van der Waals surface area contributed by atoms with Crippen LogP contribution in [-0.4, -0.2) is 19.1 Å². The van der Waals surface area contributed by atoms with Gasteiger partial charge in [0.1, 0.15) is 6.04 Å². The summed E-state index contributed by atoms with van der Waals surface area (Å²) in [5.41, 5.74) is 1.44. The molecule has 0 aliphatic rings. The second-order valence-electron chi connectivity index (χ2n) is 7.18. The molecular formula is C21H27NO2. The van der Waals surface area contributed by atoms with Crippen LogP contribution in [0, 0.1) is 0 Å². The van der Waals surface area contributed by atoms with E-state index in [4.69, 9.17) is 4.74 Å². The van der Waals surface area contributed by atoms with Crippen LogP contribution in [0.3, 0.4) is 0 Å². The molecular weight excluding hydrogens is 298 g/mol. The first-order valence-electron chi connectivity index (χ1n) is 8.25. The standard InChI is InChI=1S/C21H27NO2/c1-20(2,16-12-8-6-9-13-16)18(19(23)24-5)22-21(3,4)17-14-10-7-11-15-17/h6-15,18,22H,1-5H3. The minimum absolute atomic E-state index is 0.257. The van der Waals surface area contributed by atoms with E-state index in [-0.39, 0.29) is 11.5 Å². The maximum absolute atomic E-state index is 12.6. The van der Waals surface area contributed by atoms with Gasteiger partial charge in [0.15, 0.2) is 0 Å². The number of hydrogen-bond donors (Lipinski definition) is 1. The molecule has 3 heteroatoms. The predicted octanol–water partition coefficient (Wildman–Crippen LogP) is 4.03. The Bertz CT molecular complexity index is 663. The maximum Gasteiger partial charge on any atom is 0.323 e. The van der Waals surface area contributed by atoms with Crippen molar-refractivity contribution in [2.24, 2.45) is 0 Å². The van der Waals surface area contributed by atoms with Crippen molar-refractivity contribution < 1.29 is 9.53 Å². The highest BCUT2D eigenvalue weighted by Gasteiger charge is 2.40. The van der Waals surface area contributed by atoms with Crippen molar-refractivity contribution in [2.75, 3.05) is 7.11 Å². The lowest BCUT2D eigenvalue weighted by atomic mass is 9.76. The fourth-order valence-electron chi connectivity index (χ4n) is 2.99.